The van der Waals surface area contributed by atoms with Gasteiger partial charge in [-0.1, -0.05) is 78.9 Å². The molecule has 1 atom stereocenters. The van der Waals surface area contributed by atoms with Crippen LogP contribution in [0.5, 0.6) is 0 Å². The number of rotatable bonds is 6. The highest BCUT2D eigenvalue weighted by Gasteiger charge is 2.17. The third-order valence-electron chi connectivity index (χ3n) is 4.52. The Balaban J connectivity index is 1.78. The molecule has 3 nitrogen and oxygen atoms in total. The van der Waals surface area contributed by atoms with E-state index in [0.717, 1.165) is 11.1 Å². The molecule has 3 aromatic carbocycles. The lowest BCUT2D eigenvalue weighted by atomic mass is 9.99. The zero-order valence-electron chi connectivity index (χ0n) is 15.2. The zero-order chi connectivity index (χ0) is 18.4. The van der Waals surface area contributed by atoms with Crippen molar-refractivity contribution in [2.75, 3.05) is 20.6 Å². The lowest BCUT2D eigenvalue weighted by Crippen LogP contribution is -2.34. The minimum absolute atomic E-state index is 0.0489. The molecule has 0 aliphatic rings. The molecule has 3 rings (SSSR count). The number of hydrogen-bond acceptors (Lipinski definition) is 2. The lowest BCUT2D eigenvalue weighted by molar-refractivity contribution is 0.0942. The summed E-state index contributed by atoms with van der Waals surface area (Å²) in [5.41, 5.74) is 3.88. The molecule has 0 radical (unpaired) electrons. The summed E-state index contributed by atoms with van der Waals surface area (Å²) in [6.45, 7) is 0.555. The van der Waals surface area contributed by atoms with Crippen LogP contribution < -0.4 is 5.32 Å². The Morgan fingerprint density at radius 1 is 0.846 bits per heavy atom. The lowest BCUT2D eigenvalue weighted by Gasteiger charge is -2.25. The fourth-order valence-corrected chi connectivity index (χ4v) is 3.11. The van der Waals surface area contributed by atoms with Crippen molar-refractivity contribution in [3.63, 3.8) is 0 Å². The van der Waals surface area contributed by atoms with E-state index in [2.05, 4.69) is 22.3 Å². The van der Waals surface area contributed by atoms with E-state index in [0.29, 0.717) is 12.1 Å². The third kappa shape index (κ3) is 4.19. The zero-order valence-corrected chi connectivity index (χ0v) is 15.2. The number of hydrogen-bond donors (Lipinski definition) is 1. The summed E-state index contributed by atoms with van der Waals surface area (Å²) in [4.78, 5) is 15.0. The van der Waals surface area contributed by atoms with E-state index in [-0.39, 0.29) is 11.9 Å². The standard InChI is InChI=1S/C23H24N2O/c1-25(2)22(19-13-7-4-8-14-19)17-24-23(26)21-16-10-9-15-20(21)18-11-5-3-6-12-18/h3-16,22H,17H2,1-2H3,(H,24,26)/t22-/m0/s1. The number of nitrogens with one attached hydrogen (secondary N) is 1. The van der Waals surface area contributed by atoms with Gasteiger partial charge in [-0.05, 0) is 36.9 Å². The van der Waals surface area contributed by atoms with Gasteiger partial charge in [0.15, 0.2) is 0 Å². The first kappa shape index (κ1) is 17.9. The van der Waals surface area contributed by atoms with Crippen LogP contribution in [-0.4, -0.2) is 31.4 Å². The van der Waals surface area contributed by atoms with Gasteiger partial charge in [-0.15, -0.1) is 0 Å². The molecule has 0 aliphatic carbocycles. The van der Waals surface area contributed by atoms with E-state index in [9.17, 15) is 4.79 Å². The molecule has 0 spiro atoms. The van der Waals surface area contributed by atoms with E-state index in [1.54, 1.807) is 0 Å². The van der Waals surface area contributed by atoms with Crippen molar-refractivity contribution < 1.29 is 4.79 Å². The molecule has 3 heteroatoms. The van der Waals surface area contributed by atoms with Gasteiger partial charge in [-0.3, -0.25) is 4.79 Å². The van der Waals surface area contributed by atoms with Gasteiger partial charge in [-0.2, -0.15) is 0 Å². The Bertz CT molecular complexity index is 844. The molecule has 132 valence electrons. The molecule has 0 heterocycles. The van der Waals surface area contributed by atoms with Crippen molar-refractivity contribution in [1.29, 1.82) is 0 Å². The van der Waals surface area contributed by atoms with Crippen LogP contribution in [0.4, 0.5) is 0 Å². The molecule has 0 unspecified atom stereocenters. The summed E-state index contributed by atoms with van der Waals surface area (Å²) >= 11 is 0. The van der Waals surface area contributed by atoms with Crippen molar-refractivity contribution in [3.05, 3.63) is 96.1 Å². The second kappa shape index (κ2) is 8.45. The van der Waals surface area contributed by atoms with Crippen molar-refractivity contribution in [2.24, 2.45) is 0 Å². The number of carbonyl (C=O) groups is 1. The second-order valence-corrected chi connectivity index (χ2v) is 6.51. The van der Waals surface area contributed by atoms with Crippen LogP contribution in [0, 0.1) is 0 Å². The summed E-state index contributed by atoms with van der Waals surface area (Å²) in [7, 11) is 4.06. The third-order valence-corrected chi connectivity index (χ3v) is 4.52. The Labute approximate surface area is 155 Å². The van der Waals surface area contributed by atoms with Gasteiger partial charge >= 0.3 is 0 Å². The second-order valence-electron chi connectivity index (χ2n) is 6.51. The van der Waals surface area contributed by atoms with Gasteiger partial charge in [0.25, 0.3) is 5.91 Å². The molecule has 0 bridgehead atoms. The first-order valence-corrected chi connectivity index (χ1v) is 8.81. The van der Waals surface area contributed by atoms with Crippen LogP contribution in [0.1, 0.15) is 22.0 Å². The number of nitrogens with zero attached hydrogens (tertiary/aromatic N) is 1. The first-order valence-electron chi connectivity index (χ1n) is 8.81. The molecule has 3 aromatic rings. The van der Waals surface area contributed by atoms with Crippen LogP contribution in [0.25, 0.3) is 11.1 Å². The van der Waals surface area contributed by atoms with E-state index in [1.807, 2.05) is 86.9 Å². The van der Waals surface area contributed by atoms with Crippen molar-refractivity contribution in [3.8, 4) is 11.1 Å². The average Bonchev–Trinajstić information content (AvgIpc) is 2.69. The smallest absolute Gasteiger partial charge is 0.251 e. The van der Waals surface area contributed by atoms with Crippen LogP contribution in [0.2, 0.25) is 0 Å². The Morgan fingerprint density at radius 2 is 1.42 bits per heavy atom. The number of carbonyl (C=O) groups excluding carboxylic acids is 1. The van der Waals surface area contributed by atoms with Crippen molar-refractivity contribution in [1.82, 2.24) is 10.2 Å². The van der Waals surface area contributed by atoms with Gasteiger partial charge in [0.05, 0.1) is 6.04 Å². The number of amides is 1. The van der Waals surface area contributed by atoms with Crippen LogP contribution in [-0.2, 0) is 0 Å². The summed E-state index contributed by atoms with van der Waals surface area (Å²) in [5, 5.41) is 3.11. The van der Waals surface area contributed by atoms with Crippen LogP contribution in [0.3, 0.4) is 0 Å². The topological polar surface area (TPSA) is 32.3 Å². The molecule has 0 saturated carbocycles. The maximum atomic E-state index is 12.9. The predicted octanol–water partition coefficient (Wildman–Crippen LogP) is 4.39. The predicted molar refractivity (Wildman–Crippen MR) is 107 cm³/mol. The maximum Gasteiger partial charge on any atom is 0.251 e. The quantitative estimate of drug-likeness (QED) is 0.719. The largest absolute Gasteiger partial charge is 0.350 e. The first-order chi connectivity index (χ1) is 12.7. The normalized spacial score (nSPS) is 12.0. The Morgan fingerprint density at radius 3 is 2.08 bits per heavy atom. The average molecular weight is 344 g/mol. The van der Waals surface area contributed by atoms with Gasteiger partial charge in [0, 0.05) is 12.1 Å². The fourth-order valence-electron chi connectivity index (χ4n) is 3.11. The minimum Gasteiger partial charge on any atom is -0.350 e. The van der Waals surface area contributed by atoms with Gasteiger partial charge < -0.3 is 10.2 Å². The molecular formula is C23H24N2O. The summed E-state index contributed by atoms with van der Waals surface area (Å²) in [6, 6.07) is 28.1. The van der Waals surface area contributed by atoms with E-state index in [4.69, 9.17) is 0 Å². The monoisotopic (exact) mass is 344 g/mol. The molecule has 1 amide bonds. The van der Waals surface area contributed by atoms with Crippen LogP contribution >= 0.6 is 0 Å². The fraction of sp³-hybridized carbons (Fsp3) is 0.174. The molecule has 0 aliphatic heterocycles. The molecule has 1 N–H and O–H groups in total. The Hall–Kier alpha value is -2.91. The Kier molecular flexibility index (Phi) is 5.82. The molecule has 0 saturated heterocycles. The summed E-state index contributed by atoms with van der Waals surface area (Å²) in [5.74, 6) is -0.0489. The summed E-state index contributed by atoms with van der Waals surface area (Å²) < 4.78 is 0. The van der Waals surface area contributed by atoms with Gasteiger partial charge in [0.2, 0.25) is 0 Å². The van der Waals surface area contributed by atoms with E-state index < -0.39 is 0 Å². The number of likely N-dealkylation sites (N-methyl/N-ethyl adjacent to an activating group) is 1. The van der Waals surface area contributed by atoms with Crippen molar-refractivity contribution >= 4 is 5.91 Å². The minimum atomic E-state index is -0.0489. The summed E-state index contributed by atoms with van der Waals surface area (Å²) in [6.07, 6.45) is 0. The molecule has 0 fully saturated rings. The molecule has 26 heavy (non-hydrogen) atoms. The number of benzene rings is 3. The highest BCUT2D eigenvalue weighted by atomic mass is 16.1. The van der Waals surface area contributed by atoms with E-state index in [1.165, 1.54) is 5.56 Å². The van der Waals surface area contributed by atoms with Gasteiger partial charge in [-0.25, -0.2) is 0 Å². The van der Waals surface area contributed by atoms with E-state index >= 15 is 0 Å². The van der Waals surface area contributed by atoms with Gasteiger partial charge in [0.1, 0.15) is 0 Å². The highest BCUT2D eigenvalue weighted by Crippen LogP contribution is 2.24. The van der Waals surface area contributed by atoms with Crippen LogP contribution in [0.15, 0.2) is 84.9 Å². The maximum absolute atomic E-state index is 12.9. The highest BCUT2D eigenvalue weighted by molar-refractivity contribution is 6.00. The SMILES string of the molecule is CN(C)[C@@H](CNC(=O)c1ccccc1-c1ccccc1)c1ccccc1. The molecular weight excluding hydrogens is 320 g/mol. The van der Waals surface area contributed by atoms with Crippen molar-refractivity contribution in [2.45, 2.75) is 6.04 Å². The molecule has 0 aromatic heterocycles.